The van der Waals surface area contributed by atoms with Crippen molar-refractivity contribution in [2.24, 2.45) is 5.16 Å². The third-order valence-corrected chi connectivity index (χ3v) is 1.90. The van der Waals surface area contributed by atoms with Gasteiger partial charge in [-0.1, -0.05) is 28.9 Å². The lowest BCUT2D eigenvalue weighted by molar-refractivity contribution is 0.0873. The molecule has 76 valence electrons. The monoisotopic (exact) mass is 191 g/mol. The molecule has 1 rings (SSSR count). The fourth-order valence-electron chi connectivity index (χ4n) is 1.11. The normalized spacial score (nSPS) is 11.2. The first-order chi connectivity index (χ1) is 6.59. The van der Waals surface area contributed by atoms with E-state index in [0.717, 1.165) is 5.56 Å². The minimum Gasteiger partial charge on any atom is -0.393 e. The van der Waals surface area contributed by atoms with E-state index in [2.05, 4.69) is 37.2 Å². The number of hydrogen-bond donors (Lipinski definition) is 0. The highest BCUT2D eigenvalue weighted by molar-refractivity contribution is 5.81. The molecule has 0 spiro atoms. The summed E-state index contributed by atoms with van der Waals surface area (Å²) in [6.45, 7) is 8.05. The van der Waals surface area contributed by atoms with Gasteiger partial charge in [0.1, 0.15) is 6.10 Å². The molecule has 0 amide bonds. The first-order valence-corrected chi connectivity index (χ1v) is 4.86. The van der Waals surface area contributed by atoms with Crippen LogP contribution in [-0.4, -0.2) is 12.3 Å². The van der Waals surface area contributed by atoms with Crippen LogP contribution in [0, 0.1) is 13.8 Å². The second-order valence-electron chi connectivity index (χ2n) is 3.75. The van der Waals surface area contributed by atoms with Gasteiger partial charge in [-0.15, -0.1) is 0 Å². The van der Waals surface area contributed by atoms with E-state index in [1.54, 1.807) is 6.21 Å². The van der Waals surface area contributed by atoms with Crippen LogP contribution in [0.15, 0.2) is 23.4 Å². The Kier molecular flexibility index (Phi) is 3.69. The van der Waals surface area contributed by atoms with Crippen molar-refractivity contribution in [2.75, 3.05) is 0 Å². The zero-order valence-corrected chi connectivity index (χ0v) is 9.24. The molecule has 0 saturated carbocycles. The molecule has 0 radical (unpaired) electrons. The van der Waals surface area contributed by atoms with E-state index in [-0.39, 0.29) is 6.10 Å². The van der Waals surface area contributed by atoms with Crippen LogP contribution in [0.5, 0.6) is 0 Å². The van der Waals surface area contributed by atoms with Crippen molar-refractivity contribution < 1.29 is 4.84 Å². The lowest BCUT2D eigenvalue weighted by atomic mass is 10.1. The van der Waals surface area contributed by atoms with Crippen LogP contribution in [0.25, 0.3) is 0 Å². The highest BCUT2D eigenvalue weighted by Crippen LogP contribution is 2.08. The molecular formula is C12H17NO. The third kappa shape index (κ3) is 3.21. The van der Waals surface area contributed by atoms with Crippen molar-refractivity contribution in [3.05, 3.63) is 34.9 Å². The van der Waals surface area contributed by atoms with Crippen molar-refractivity contribution in [1.82, 2.24) is 0 Å². The maximum absolute atomic E-state index is 5.11. The Balaban J connectivity index is 2.75. The molecule has 2 heteroatoms. The van der Waals surface area contributed by atoms with Gasteiger partial charge in [0, 0.05) is 0 Å². The predicted molar refractivity (Wildman–Crippen MR) is 59.7 cm³/mol. The van der Waals surface area contributed by atoms with Crippen molar-refractivity contribution in [3.63, 3.8) is 0 Å². The lowest BCUT2D eigenvalue weighted by Crippen LogP contribution is -1.97. The van der Waals surface area contributed by atoms with Gasteiger partial charge < -0.3 is 4.84 Å². The van der Waals surface area contributed by atoms with E-state index < -0.39 is 0 Å². The Morgan fingerprint density at radius 1 is 1.29 bits per heavy atom. The minimum atomic E-state index is 0.136. The molecule has 1 aromatic carbocycles. The summed E-state index contributed by atoms with van der Waals surface area (Å²) in [4.78, 5) is 5.11. The Morgan fingerprint density at radius 3 is 2.64 bits per heavy atom. The maximum Gasteiger partial charge on any atom is 0.122 e. The molecule has 0 bridgehead atoms. The van der Waals surface area contributed by atoms with E-state index in [1.807, 2.05) is 13.8 Å². The van der Waals surface area contributed by atoms with Crippen LogP contribution < -0.4 is 0 Å². The Labute approximate surface area is 85.6 Å². The zero-order chi connectivity index (χ0) is 10.6. The summed E-state index contributed by atoms with van der Waals surface area (Å²) in [6.07, 6.45) is 1.90. The van der Waals surface area contributed by atoms with Gasteiger partial charge in [0.05, 0.1) is 6.21 Å². The fraction of sp³-hybridized carbons (Fsp3) is 0.417. The number of benzene rings is 1. The number of nitrogens with zero attached hydrogens (tertiary/aromatic N) is 1. The molecule has 0 aliphatic carbocycles. The Bertz CT molecular complexity index is 329. The van der Waals surface area contributed by atoms with E-state index in [1.165, 1.54) is 11.1 Å². The lowest BCUT2D eigenvalue weighted by Gasteiger charge is -2.03. The standard InChI is InChI=1S/C12H17NO/c1-9(2)14-13-8-12-7-10(3)5-6-11(12)4/h5-9H,1-4H3. The van der Waals surface area contributed by atoms with Crippen molar-refractivity contribution in [1.29, 1.82) is 0 Å². The average Bonchev–Trinajstić information content (AvgIpc) is 2.10. The summed E-state index contributed by atoms with van der Waals surface area (Å²) in [5.74, 6) is 0. The first kappa shape index (κ1) is 10.8. The van der Waals surface area contributed by atoms with Crippen LogP contribution in [0.3, 0.4) is 0 Å². The second-order valence-corrected chi connectivity index (χ2v) is 3.75. The molecule has 14 heavy (non-hydrogen) atoms. The molecule has 1 aromatic rings. The average molecular weight is 191 g/mol. The molecule has 2 nitrogen and oxygen atoms in total. The Morgan fingerprint density at radius 2 is 2.00 bits per heavy atom. The minimum absolute atomic E-state index is 0.136. The molecule has 0 aliphatic rings. The highest BCUT2D eigenvalue weighted by atomic mass is 16.6. The van der Waals surface area contributed by atoms with Crippen molar-refractivity contribution in [2.45, 2.75) is 33.8 Å². The molecule has 0 unspecified atom stereocenters. The van der Waals surface area contributed by atoms with Crippen LogP contribution >= 0.6 is 0 Å². The molecule has 0 aromatic heterocycles. The largest absolute Gasteiger partial charge is 0.393 e. The summed E-state index contributed by atoms with van der Waals surface area (Å²) in [7, 11) is 0. The molecule has 0 atom stereocenters. The number of hydrogen-bond acceptors (Lipinski definition) is 2. The van der Waals surface area contributed by atoms with Crippen LogP contribution in [0.1, 0.15) is 30.5 Å². The van der Waals surface area contributed by atoms with Gasteiger partial charge in [0.2, 0.25) is 0 Å². The van der Waals surface area contributed by atoms with Crippen molar-refractivity contribution in [3.8, 4) is 0 Å². The van der Waals surface area contributed by atoms with Gasteiger partial charge in [-0.3, -0.25) is 0 Å². The number of rotatable bonds is 3. The third-order valence-electron chi connectivity index (χ3n) is 1.90. The van der Waals surface area contributed by atoms with Crippen LogP contribution in [0.2, 0.25) is 0 Å². The second kappa shape index (κ2) is 4.80. The fourth-order valence-corrected chi connectivity index (χ4v) is 1.11. The Hall–Kier alpha value is -1.31. The van der Waals surface area contributed by atoms with Gasteiger partial charge in [-0.05, 0) is 38.8 Å². The predicted octanol–water partition coefficient (Wildman–Crippen LogP) is 3.06. The maximum atomic E-state index is 5.11. The van der Waals surface area contributed by atoms with E-state index in [0.29, 0.717) is 0 Å². The summed E-state index contributed by atoms with van der Waals surface area (Å²) in [6, 6.07) is 6.28. The SMILES string of the molecule is Cc1ccc(C)c(C=NOC(C)C)c1. The van der Waals surface area contributed by atoms with Gasteiger partial charge in [0.15, 0.2) is 0 Å². The van der Waals surface area contributed by atoms with Gasteiger partial charge in [0.25, 0.3) is 0 Å². The number of oxime groups is 1. The quantitative estimate of drug-likeness (QED) is 0.531. The molecule has 0 N–H and O–H groups in total. The van der Waals surface area contributed by atoms with Gasteiger partial charge >= 0.3 is 0 Å². The summed E-state index contributed by atoms with van der Waals surface area (Å²) in [5.41, 5.74) is 3.57. The zero-order valence-electron chi connectivity index (χ0n) is 9.24. The molecule has 0 aliphatic heterocycles. The summed E-state index contributed by atoms with van der Waals surface area (Å²) < 4.78 is 0. The first-order valence-electron chi connectivity index (χ1n) is 4.86. The molecular weight excluding hydrogens is 174 g/mol. The van der Waals surface area contributed by atoms with Crippen LogP contribution in [-0.2, 0) is 4.84 Å². The van der Waals surface area contributed by atoms with E-state index in [9.17, 15) is 0 Å². The molecule has 0 saturated heterocycles. The summed E-state index contributed by atoms with van der Waals surface area (Å²) in [5, 5.41) is 3.92. The highest BCUT2D eigenvalue weighted by Gasteiger charge is 1.95. The van der Waals surface area contributed by atoms with Gasteiger partial charge in [-0.2, -0.15) is 0 Å². The van der Waals surface area contributed by atoms with Gasteiger partial charge in [-0.25, -0.2) is 0 Å². The number of aryl methyl sites for hydroxylation is 2. The smallest absolute Gasteiger partial charge is 0.122 e. The van der Waals surface area contributed by atoms with E-state index >= 15 is 0 Å². The van der Waals surface area contributed by atoms with Crippen LogP contribution in [0.4, 0.5) is 0 Å². The molecule has 0 heterocycles. The topological polar surface area (TPSA) is 21.6 Å². The van der Waals surface area contributed by atoms with E-state index in [4.69, 9.17) is 4.84 Å². The summed E-state index contributed by atoms with van der Waals surface area (Å²) >= 11 is 0. The van der Waals surface area contributed by atoms with Crippen molar-refractivity contribution >= 4 is 6.21 Å². The molecule has 0 fully saturated rings.